The maximum Gasteiger partial charge on any atom is 0.453 e. The van der Waals surface area contributed by atoms with E-state index in [1.807, 2.05) is 17.5 Å². The van der Waals surface area contributed by atoms with Gasteiger partial charge in [0.15, 0.2) is 6.61 Å². The second-order valence-electron chi connectivity index (χ2n) is 6.56. The van der Waals surface area contributed by atoms with E-state index in [-0.39, 0.29) is 31.1 Å². The average Bonchev–Trinajstić information content (AvgIpc) is 3.44. The molecule has 0 spiro atoms. The molecule has 4 aromatic heterocycles. The molecule has 0 saturated carbocycles. The van der Waals surface area contributed by atoms with Crippen LogP contribution in [-0.4, -0.2) is 35.7 Å². The summed E-state index contributed by atoms with van der Waals surface area (Å²) in [5.41, 5.74) is 1.50. The van der Waals surface area contributed by atoms with Crippen LogP contribution in [0, 0.1) is 13.8 Å². The molecule has 9 nitrogen and oxygen atoms in total. The number of aromatic nitrogens is 6. The predicted molar refractivity (Wildman–Crippen MR) is 101 cm³/mol. The summed E-state index contributed by atoms with van der Waals surface area (Å²) in [7, 11) is 0. The first kappa shape index (κ1) is 20.9. The SMILES string of the molecule is Cc1nc2nc(C(F)(F)F)nn2c(C)c1CCC(=O)OCc1noc(-c2cccs2)n1. The fourth-order valence-corrected chi connectivity index (χ4v) is 3.59. The van der Waals surface area contributed by atoms with Gasteiger partial charge in [-0.15, -0.1) is 16.4 Å². The van der Waals surface area contributed by atoms with Gasteiger partial charge in [-0.25, -0.2) is 9.50 Å². The summed E-state index contributed by atoms with van der Waals surface area (Å²) in [6.07, 6.45) is -4.46. The molecule has 4 rings (SSSR count). The first-order valence-electron chi connectivity index (χ1n) is 9.04. The van der Waals surface area contributed by atoms with Crippen molar-refractivity contribution in [3.8, 4) is 10.8 Å². The largest absolute Gasteiger partial charge is 0.457 e. The molecule has 0 aliphatic rings. The Morgan fingerprint density at radius 2 is 2.06 bits per heavy atom. The topological polar surface area (TPSA) is 108 Å². The molecule has 31 heavy (non-hydrogen) atoms. The Balaban J connectivity index is 1.40. The molecule has 0 unspecified atom stereocenters. The van der Waals surface area contributed by atoms with E-state index in [0.717, 1.165) is 9.39 Å². The highest BCUT2D eigenvalue weighted by atomic mass is 32.1. The Hall–Kier alpha value is -3.35. The molecule has 0 aromatic carbocycles. The third kappa shape index (κ3) is 4.40. The van der Waals surface area contributed by atoms with Crippen molar-refractivity contribution in [3.63, 3.8) is 0 Å². The van der Waals surface area contributed by atoms with E-state index < -0.39 is 18.0 Å². The van der Waals surface area contributed by atoms with E-state index >= 15 is 0 Å². The molecular formula is C18H15F3N6O3S. The van der Waals surface area contributed by atoms with Gasteiger partial charge >= 0.3 is 12.1 Å². The summed E-state index contributed by atoms with van der Waals surface area (Å²) in [5.74, 6) is -1.35. The zero-order valence-electron chi connectivity index (χ0n) is 16.3. The quantitative estimate of drug-likeness (QED) is 0.409. The molecule has 0 fully saturated rings. The summed E-state index contributed by atoms with van der Waals surface area (Å²) >= 11 is 1.44. The van der Waals surface area contributed by atoms with Crippen LogP contribution >= 0.6 is 11.3 Å². The number of ether oxygens (including phenoxy) is 1. The maximum absolute atomic E-state index is 12.9. The van der Waals surface area contributed by atoms with Crippen LogP contribution in [0.25, 0.3) is 16.5 Å². The smallest absolute Gasteiger partial charge is 0.453 e. The number of carbonyl (C=O) groups excluding carboxylic acids is 1. The highest BCUT2D eigenvalue weighted by Gasteiger charge is 2.37. The van der Waals surface area contributed by atoms with E-state index in [1.165, 1.54) is 11.3 Å². The number of fused-ring (bicyclic) bond motifs is 1. The summed E-state index contributed by atoms with van der Waals surface area (Å²) < 4.78 is 50.0. The van der Waals surface area contributed by atoms with Gasteiger partial charge < -0.3 is 9.26 Å². The fourth-order valence-electron chi connectivity index (χ4n) is 2.95. The first-order chi connectivity index (χ1) is 14.7. The minimum atomic E-state index is -4.67. The van der Waals surface area contributed by atoms with Crippen molar-refractivity contribution in [3.05, 3.63) is 46.1 Å². The highest BCUT2D eigenvalue weighted by molar-refractivity contribution is 7.13. The average molecular weight is 452 g/mol. The molecule has 4 heterocycles. The molecule has 162 valence electrons. The molecule has 0 radical (unpaired) electrons. The second-order valence-corrected chi connectivity index (χ2v) is 7.51. The van der Waals surface area contributed by atoms with Gasteiger partial charge in [-0.2, -0.15) is 23.1 Å². The van der Waals surface area contributed by atoms with Gasteiger partial charge in [-0.05, 0) is 37.3 Å². The van der Waals surface area contributed by atoms with E-state index in [2.05, 4.69) is 25.2 Å². The number of esters is 1. The molecule has 4 aromatic rings. The lowest BCUT2D eigenvalue weighted by molar-refractivity contribution is -0.145. The highest BCUT2D eigenvalue weighted by Crippen LogP contribution is 2.27. The third-order valence-corrected chi connectivity index (χ3v) is 5.30. The molecule has 0 saturated heterocycles. The molecule has 0 atom stereocenters. The lowest BCUT2D eigenvalue weighted by Crippen LogP contribution is -2.11. The van der Waals surface area contributed by atoms with Gasteiger partial charge in [0.05, 0.1) is 4.88 Å². The number of hydrogen-bond donors (Lipinski definition) is 0. The van der Waals surface area contributed by atoms with Crippen LogP contribution < -0.4 is 0 Å². The minimum Gasteiger partial charge on any atom is -0.457 e. The van der Waals surface area contributed by atoms with E-state index in [4.69, 9.17) is 9.26 Å². The van der Waals surface area contributed by atoms with Crippen LogP contribution in [0.3, 0.4) is 0 Å². The Labute approximate surface area is 176 Å². The molecule has 13 heteroatoms. The van der Waals surface area contributed by atoms with Crippen LogP contribution in [0.4, 0.5) is 13.2 Å². The van der Waals surface area contributed by atoms with E-state index in [0.29, 0.717) is 22.8 Å². The van der Waals surface area contributed by atoms with Gasteiger partial charge in [-0.3, -0.25) is 4.79 Å². The van der Waals surface area contributed by atoms with Crippen LogP contribution in [0.1, 0.15) is 35.0 Å². The maximum atomic E-state index is 12.9. The zero-order chi connectivity index (χ0) is 22.2. The molecular weight excluding hydrogens is 437 g/mol. The summed E-state index contributed by atoms with van der Waals surface area (Å²) in [5, 5.41) is 9.13. The van der Waals surface area contributed by atoms with Crippen LogP contribution in [0.5, 0.6) is 0 Å². The molecule has 0 aliphatic heterocycles. The van der Waals surface area contributed by atoms with Crippen molar-refractivity contribution in [1.29, 1.82) is 0 Å². The number of aryl methyl sites for hydroxylation is 2. The number of carbonyl (C=O) groups is 1. The Kier molecular flexibility index (Phi) is 5.43. The van der Waals surface area contributed by atoms with Crippen molar-refractivity contribution >= 4 is 23.1 Å². The van der Waals surface area contributed by atoms with Crippen LogP contribution in [-0.2, 0) is 28.7 Å². The third-order valence-electron chi connectivity index (χ3n) is 4.44. The van der Waals surface area contributed by atoms with Crippen molar-refractivity contribution in [2.75, 3.05) is 0 Å². The molecule has 0 aliphatic carbocycles. The standard InChI is InChI=1S/C18H15F3N6O3S/c1-9-11(10(2)27-17(22-9)24-16(25-27)18(19,20)21)5-6-14(28)29-8-13-23-15(30-26-13)12-4-3-7-31-12/h3-4,7H,5-6,8H2,1-2H3. The number of rotatable bonds is 6. The van der Waals surface area contributed by atoms with Crippen LogP contribution in [0.15, 0.2) is 22.0 Å². The van der Waals surface area contributed by atoms with Gasteiger partial charge in [-0.1, -0.05) is 11.2 Å². The van der Waals surface area contributed by atoms with Crippen molar-refractivity contribution < 1.29 is 27.2 Å². The number of thiophene rings is 1. The summed E-state index contributed by atoms with van der Waals surface area (Å²) in [4.78, 5) is 24.6. The summed E-state index contributed by atoms with van der Waals surface area (Å²) in [6, 6.07) is 3.68. The lowest BCUT2D eigenvalue weighted by Gasteiger charge is -2.10. The molecule has 0 amide bonds. The lowest BCUT2D eigenvalue weighted by atomic mass is 10.1. The molecule has 0 N–H and O–H groups in total. The number of halogens is 3. The monoisotopic (exact) mass is 452 g/mol. The Bertz CT molecular complexity index is 1230. The van der Waals surface area contributed by atoms with Gasteiger partial charge in [0, 0.05) is 17.8 Å². The Morgan fingerprint density at radius 1 is 1.26 bits per heavy atom. The zero-order valence-corrected chi connectivity index (χ0v) is 17.1. The van der Waals surface area contributed by atoms with Crippen molar-refractivity contribution in [2.24, 2.45) is 0 Å². The molecule has 0 bridgehead atoms. The minimum absolute atomic E-state index is 0.00861. The van der Waals surface area contributed by atoms with E-state index in [9.17, 15) is 18.0 Å². The van der Waals surface area contributed by atoms with Gasteiger partial charge in [0.2, 0.25) is 5.82 Å². The second kappa shape index (κ2) is 8.06. The van der Waals surface area contributed by atoms with Crippen molar-refractivity contribution in [1.82, 2.24) is 29.7 Å². The number of alkyl halides is 3. The van der Waals surface area contributed by atoms with Crippen molar-refractivity contribution in [2.45, 2.75) is 39.5 Å². The predicted octanol–water partition coefficient (Wildman–Crippen LogP) is 3.55. The number of hydrogen-bond acceptors (Lipinski definition) is 9. The van der Waals surface area contributed by atoms with Gasteiger partial charge in [0.25, 0.3) is 17.5 Å². The first-order valence-corrected chi connectivity index (χ1v) is 9.92. The Morgan fingerprint density at radius 3 is 2.77 bits per heavy atom. The summed E-state index contributed by atoms with van der Waals surface area (Å²) in [6.45, 7) is 3.09. The van der Waals surface area contributed by atoms with Crippen LogP contribution in [0.2, 0.25) is 0 Å². The fraction of sp³-hybridized carbons (Fsp3) is 0.333. The number of nitrogens with zero attached hydrogens (tertiary/aromatic N) is 6. The van der Waals surface area contributed by atoms with Gasteiger partial charge in [0.1, 0.15) is 0 Å². The normalized spacial score (nSPS) is 11.9. The van der Waals surface area contributed by atoms with E-state index in [1.54, 1.807) is 13.8 Å².